The van der Waals surface area contributed by atoms with Gasteiger partial charge >= 0.3 is 0 Å². The number of nitrogen functional groups attached to an aromatic ring is 1. The predicted molar refractivity (Wildman–Crippen MR) is 69.9 cm³/mol. The number of amides is 1. The van der Waals surface area contributed by atoms with Gasteiger partial charge in [0.05, 0.1) is 5.56 Å². The maximum absolute atomic E-state index is 13.0. The van der Waals surface area contributed by atoms with E-state index in [9.17, 15) is 9.18 Å². The maximum Gasteiger partial charge on any atom is 0.250 e. The third kappa shape index (κ3) is 2.81. The van der Waals surface area contributed by atoms with Crippen molar-refractivity contribution in [2.45, 2.75) is 9.79 Å². The number of nitrogens with two attached hydrogens (primary N) is 2. The van der Waals surface area contributed by atoms with Gasteiger partial charge in [-0.25, -0.2) is 4.39 Å². The summed E-state index contributed by atoms with van der Waals surface area (Å²) in [5.41, 5.74) is 11.5. The zero-order chi connectivity index (χ0) is 13.1. The van der Waals surface area contributed by atoms with Gasteiger partial charge in [-0.2, -0.15) is 0 Å². The summed E-state index contributed by atoms with van der Waals surface area (Å²) < 4.78 is 13.0. The quantitative estimate of drug-likeness (QED) is 0.835. The number of anilines is 1. The molecule has 0 aliphatic carbocycles. The van der Waals surface area contributed by atoms with Crippen LogP contribution in [0.2, 0.25) is 0 Å². The van der Waals surface area contributed by atoms with E-state index in [-0.39, 0.29) is 11.4 Å². The summed E-state index contributed by atoms with van der Waals surface area (Å²) in [5, 5.41) is 0. The highest BCUT2D eigenvalue weighted by molar-refractivity contribution is 7.99. The van der Waals surface area contributed by atoms with Crippen LogP contribution in [-0.2, 0) is 0 Å². The van der Waals surface area contributed by atoms with Crippen molar-refractivity contribution in [3.8, 4) is 0 Å². The minimum absolute atomic E-state index is 0.274. The Morgan fingerprint density at radius 2 is 1.83 bits per heavy atom. The molecule has 0 atom stereocenters. The smallest absolute Gasteiger partial charge is 0.250 e. The lowest BCUT2D eigenvalue weighted by Crippen LogP contribution is -2.13. The molecule has 18 heavy (non-hydrogen) atoms. The van der Waals surface area contributed by atoms with Gasteiger partial charge in [0.15, 0.2) is 0 Å². The number of hydrogen-bond acceptors (Lipinski definition) is 3. The van der Waals surface area contributed by atoms with Crippen molar-refractivity contribution in [2.24, 2.45) is 5.73 Å². The molecule has 0 heterocycles. The van der Waals surface area contributed by atoms with Crippen molar-refractivity contribution < 1.29 is 9.18 Å². The lowest BCUT2D eigenvalue weighted by atomic mass is 10.2. The van der Waals surface area contributed by atoms with E-state index in [1.807, 2.05) is 0 Å². The van der Waals surface area contributed by atoms with Crippen LogP contribution in [0.4, 0.5) is 10.1 Å². The van der Waals surface area contributed by atoms with E-state index in [0.29, 0.717) is 5.69 Å². The maximum atomic E-state index is 13.0. The minimum atomic E-state index is -0.575. The molecule has 0 bridgehead atoms. The summed E-state index contributed by atoms with van der Waals surface area (Å²) >= 11 is 1.34. The zero-order valence-electron chi connectivity index (χ0n) is 9.39. The van der Waals surface area contributed by atoms with Crippen molar-refractivity contribution in [3.63, 3.8) is 0 Å². The molecule has 2 aromatic carbocycles. The first-order valence-electron chi connectivity index (χ1n) is 5.19. The highest BCUT2D eigenvalue weighted by atomic mass is 32.2. The van der Waals surface area contributed by atoms with Crippen LogP contribution >= 0.6 is 11.8 Å². The van der Waals surface area contributed by atoms with Crippen molar-refractivity contribution >= 4 is 23.4 Å². The summed E-state index contributed by atoms with van der Waals surface area (Å²) in [6.07, 6.45) is 0. The number of carbonyl (C=O) groups excluding carboxylic acids is 1. The molecule has 0 aliphatic rings. The van der Waals surface area contributed by atoms with Crippen LogP contribution in [0.3, 0.4) is 0 Å². The first kappa shape index (κ1) is 12.4. The van der Waals surface area contributed by atoms with Crippen LogP contribution in [-0.4, -0.2) is 5.91 Å². The summed E-state index contributed by atoms with van der Waals surface area (Å²) in [5.74, 6) is -0.875. The van der Waals surface area contributed by atoms with Crippen molar-refractivity contribution in [3.05, 3.63) is 53.8 Å². The van der Waals surface area contributed by atoms with Crippen molar-refractivity contribution in [1.82, 2.24) is 0 Å². The Morgan fingerprint density at radius 1 is 1.11 bits per heavy atom. The molecule has 3 nitrogen and oxygen atoms in total. The Bertz CT molecular complexity index is 601. The van der Waals surface area contributed by atoms with Gasteiger partial charge in [-0.05, 0) is 36.4 Å². The molecule has 0 radical (unpaired) electrons. The minimum Gasteiger partial charge on any atom is -0.398 e. The van der Waals surface area contributed by atoms with Crippen molar-refractivity contribution in [1.29, 1.82) is 0 Å². The normalized spacial score (nSPS) is 10.3. The molecule has 1 amide bonds. The SMILES string of the molecule is NC(=O)c1cc(Sc2cccc(F)c2)ccc1N. The molecule has 0 fully saturated rings. The number of primary amides is 1. The Hall–Kier alpha value is -2.01. The van der Waals surface area contributed by atoms with Gasteiger partial charge in [0, 0.05) is 15.5 Å². The molecule has 0 unspecified atom stereocenters. The van der Waals surface area contributed by atoms with Gasteiger partial charge in [-0.15, -0.1) is 0 Å². The molecular weight excluding hydrogens is 251 g/mol. The van der Waals surface area contributed by atoms with Gasteiger partial charge in [0.2, 0.25) is 0 Å². The molecule has 0 saturated carbocycles. The average Bonchev–Trinajstić information content (AvgIpc) is 2.31. The van der Waals surface area contributed by atoms with E-state index in [0.717, 1.165) is 9.79 Å². The van der Waals surface area contributed by atoms with Crippen LogP contribution in [0.1, 0.15) is 10.4 Å². The summed E-state index contributed by atoms with van der Waals surface area (Å²) in [6.45, 7) is 0. The van der Waals surface area contributed by atoms with Crippen LogP contribution in [0.15, 0.2) is 52.3 Å². The Kier molecular flexibility index (Phi) is 3.53. The lowest BCUT2D eigenvalue weighted by Gasteiger charge is -2.06. The standard InChI is InChI=1S/C13H11FN2OS/c14-8-2-1-3-9(6-8)18-10-4-5-12(15)11(7-10)13(16)17/h1-7H,15H2,(H2,16,17). The van der Waals surface area contributed by atoms with E-state index in [1.54, 1.807) is 30.3 Å². The first-order valence-corrected chi connectivity index (χ1v) is 6.00. The predicted octanol–water partition coefficient (Wildman–Crippen LogP) is 2.66. The number of hydrogen-bond donors (Lipinski definition) is 2. The second-order valence-corrected chi connectivity index (χ2v) is 4.82. The number of carbonyl (C=O) groups is 1. The molecule has 0 aromatic heterocycles. The van der Waals surface area contributed by atoms with Crippen LogP contribution in [0.5, 0.6) is 0 Å². The third-order valence-corrected chi connectivity index (χ3v) is 3.30. The highest BCUT2D eigenvalue weighted by Gasteiger charge is 2.07. The summed E-state index contributed by atoms with van der Waals surface area (Å²) in [4.78, 5) is 12.7. The molecule has 2 aromatic rings. The number of rotatable bonds is 3. The topological polar surface area (TPSA) is 69.1 Å². The molecule has 4 N–H and O–H groups in total. The number of benzene rings is 2. The molecule has 5 heteroatoms. The molecule has 92 valence electrons. The van der Waals surface area contributed by atoms with E-state index >= 15 is 0 Å². The molecule has 2 rings (SSSR count). The highest BCUT2D eigenvalue weighted by Crippen LogP contribution is 2.30. The van der Waals surface area contributed by atoms with E-state index in [2.05, 4.69) is 0 Å². The second kappa shape index (κ2) is 5.10. The monoisotopic (exact) mass is 262 g/mol. The van der Waals surface area contributed by atoms with Crippen LogP contribution < -0.4 is 11.5 Å². The average molecular weight is 262 g/mol. The van der Waals surface area contributed by atoms with Crippen LogP contribution in [0.25, 0.3) is 0 Å². The Balaban J connectivity index is 2.30. The molecule has 0 aliphatic heterocycles. The Labute approximate surface area is 108 Å². The van der Waals surface area contributed by atoms with E-state index < -0.39 is 5.91 Å². The summed E-state index contributed by atoms with van der Waals surface area (Å²) in [6, 6.07) is 11.2. The third-order valence-electron chi connectivity index (χ3n) is 2.32. The fourth-order valence-electron chi connectivity index (χ4n) is 1.48. The van der Waals surface area contributed by atoms with E-state index in [1.165, 1.54) is 23.9 Å². The zero-order valence-corrected chi connectivity index (χ0v) is 10.2. The van der Waals surface area contributed by atoms with Gasteiger partial charge in [0.1, 0.15) is 5.82 Å². The lowest BCUT2D eigenvalue weighted by molar-refractivity contribution is 0.100. The van der Waals surface area contributed by atoms with E-state index in [4.69, 9.17) is 11.5 Å². The van der Waals surface area contributed by atoms with Gasteiger partial charge < -0.3 is 11.5 Å². The fourth-order valence-corrected chi connectivity index (χ4v) is 2.38. The molecule has 0 spiro atoms. The number of halogens is 1. The fraction of sp³-hybridized carbons (Fsp3) is 0. The molecular formula is C13H11FN2OS. The van der Waals surface area contributed by atoms with Gasteiger partial charge in [-0.3, -0.25) is 4.79 Å². The summed E-state index contributed by atoms with van der Waals surface area (Å²) in [7, 11) is 0. The van der Waals surface area contributed by atoms with Crippen LogP contribution in [0, 0.1) is 5.82 Å². The second-order valence-electron chi connectivity index (χ2n) is 3.67. The first-order chi connectivity index (χ1) is 8.56. The largest absolute Gasteiger partial charge is 0.398 e. The molecule has 0 saturated heterocycles. The Morgan fingerprint density at radius 3 is 2.50 bits per heavy atom. The van der Waals surface area contributed by atoms with Gasteiger partial charge in [0.25, 0.3) is 5.91 Å². The van der Waals surface area contributed by atoms with Gasteiger partial charge in [-0.1, -0.05) is 17.8 Å². The van der Waals surface area contributed by atoms with Crippen molar-refractivity contribution in [2.75, 3.05) is 5.73 Å².